The highest BCUT2D eigenvalue weighted by Crippen LogP contribution is 2.29. The molecule has 1 aliphatic heterocycles. The fourth-order valence-electron chi connectivity index (χ4n) is 3.41. The number of nitrogens with zero attached hydrogens (tertiary/aromatic N) is 1. The highest BCUT2D eigenvalue weighted by Gasteiger charge is 2.21. The highest BCUT2D eigenvalue weighted by atomic mass is 35.5. The van der Waals surface area contributed by atoms with Gasteiger partial charge >= 0.3 is 0 Å². The number of hydrogen-bond donors (Lipinski definition) is 2. The van der Waals surface area contributed by atoms with Crippen molar-refractivity contribution in [3.8, 4) is 0 Å². The van der Waals surface area contributed by atoms with Crippen molar-refractivity contribution in [1.29, 1.82) is 0 Å². The van der Waals surface area contributed by atoms with Crippen molar-refractivity contribution in [3.63, 3.8) is 0 Å². The maximum Gasteiger partial charge on any atom is 0.0457 e. The van der Waals surface area contributed by atoms with Gasteiger partial charge in [-0.1, -0.05) is 38.3 Å². The Labute approximate surface area is 152 Å². The maximum absolute atomic E-state index is 3.47. The van der Waals surface area contributed by atoms with Crippen LogP contribution in [0, 0.1) is 0 Å². The van der Waals surface area contributed by atoms with E-state index in [1.807, 2.05) is 6.20 Å². The predicted molar refractivity (Wildman–Crippen MR) is 104 cm³/mol. The van der Waals surface area contributed by atoms with E-state index >= 15 is 0 Å². The molecule has 1 aromatic carbocycles. The van der Waals surface area contributed by atoms with Gasteiger partial charge in [-0.05, 0) is 29.5 Å². The van der Waals surface area contributed by atoms with Gasteiger partial charge in [0.05, 0.1) is 0 Å². The summed E-state index contributed by atoms with van der Waals surface area (Å²) in [5.74, 6) is 0. The van der Waals surface area contributed by atoms with Crippen LogP contribution in [-0.4, -0.2) is 36.1 Å². The number of aromatic nitrogens is 1. The smallest absolute Gasteiger partial charge is 0.0457 e. The Morgan fingerprint density at radius 2 is 1.87 bits per heavy atom. The number of fused-ring (bicyclic) bond motifs is 1. The lowest BCUT2D eigenvalue weighted by Crippen LogP contribution is -2.45. The molecule has 23 heavy (non-hydrogen) atoms. The van der Waals surface area contributed by atoms with Crippen molar-refractivity contribution in [2.24, 2.45) is 0 Å². The molecule has 0 spiro atoms. The minimum absolute atomic E-state index is 0. The summed E-state index contributed by atoms with van der Waals surface area (Å²) in [5, 5.41) is 4.78. The maximum atomic E-state index is 3.47. The molecular weight excluding hydrogens is 329 g/mol. The zero-order valence-corrected chi connectivity index (χ0v) is 15.5. The molecule has 0 radical (unpaired) electrons. The largest absolute Gasteiger partial charge is 0.361 e. The van der Waals surface area contributed by atoms with Crippen LogP contribution in [0.15, 0.2) is 30.5 Å². The normalized spacial score (nSPS) is 16.6. The summed E-state index contributed by atoms with van der Waals surface area (Å²) in [5.41, 5.74) is 2.74. The average molecular weight is 358 g/mol. The Hall–Kier alpha value is -0.740. The van der Waals surface area contributed by atoms with Gasteiger partial charge in [0.1, 0.15) is 0 Å². The predicted octanol–water partition coefficient (Wildman–Crippen LogP) is 4.54. The van der Waals surface area contributed by atoms with Crippen molar-refractivity contribution in [3.05, 3.63) is 36.0 Å². The molecule has 0 amide bonds. The number of nitrogens with one attached hydrogen (secondary N) is 2. The molecule has 5 heteroatoms. The third kappa shape index (κ3) is 5.12. The number of unbranched alkanes of at least 4 members (excludes halogenated alkanes) is 2. The van der Waals surface area contributed by atoms with Crippen LogP contribution in [0.5, 0.6) is 0 Å². The van der Waals surface area contributed by atoms with Crippen LogP contribution < -0.4 is 5.32 Å². The Bertz CT molecular complexity index is 564. The van der Waals surface area contributed by atoms with Gasteiger partial charge in [-0.3, -0.25) is 4.90 Å². The molecule has 0 bridgehead atoms. The van der Waals surface area contributed by atoms with Crippen LogP contribution >= 0.6 is 24.8 Å². The molecule has 1 aliphatic rings. The molecule has 0 aliphatic carbocycles. The van der Waals surface area contributed by atoms with Gasteiger partial charge in [0.25, 0.3) is 0 Å². The van der Waals surface area contributed by atoms with E-state index in [1.165, 1.54) is 55.2 Å². The third-order valence-corrected chi connectivity index (χ3v) is 4.64. The first-order valence-electron chi connectivity index (χ1n) is 8.40. The second-order valence-corrected chi connectivity index (χ2v) is 6.12. The molecule has 1 fully saturated rings. The molecule has 1 saturated heterocycles. The Balaban J connectivity index is 0.00000132. The van der Waals surface area contributed by atoms with Crippen LogP contribution in [0.2, 0.25) is 0 Å². The van der Waals surface area contributed by atoms with Crippen molar-refractivity contribution in [2.45, 2.75) is 38.6 Å². The summed E-state index contributed by atoms with van der Waals surface area (Å²) in [6.45, 7) is 6.86. The molecule has 0 saturated carbocycles. The topological polar surface area (TPSA) is 31.1 Å². The summed E-state index contributed by atoms with van der Waals surface area (Å²) in [6, 6.07) is 9.67. The zero-order chi connectivity index (χ0) is 14.5. The molecular formula is C18H29Cl2N3. The van der Waals surface area contributed by atoms with Crippen molar-refractivity contribution in [2.75, 3.05) is 26.2 Å². The van der Waals surface area contributed by atoms with E-state index in [0.29, 0.717) is 6.04 Å². The highest BCUT2D eigenvalue weighted by molar-refractivity contribution is 5.85. The van der Waals surface area contributed by atoms with Crippen molar-refractivity contribution >= 4 is 35.7 Å². The van der Waals surface area contributed by atoms with Gasteiger partial charge < -0.3 is 10.3 Å². The van der Waals surface area contributed by atoms with E-state index < -0.39 is 0 Å². The minimum atomic E-state index is 0. The number of aromatic amines is 1. The van der Waals surface area contributed by atoms with E-state index in [-0.39, 0.29) is 24.8 Å². The molecule has 2 aromatic rings. The van der Waals surface area contributed by atoms with Crippen molar-refractivity contribution < 1.29 is 0 Å². The standard InChI is InChI=1S/C18H27N3.2ClH/c1-2-3-4-5-18(21-12-10-19-11-13-21)16-7-6-15-8-9-20-17(15)14-16;;/h6-9,14,18-20H,2-5,10-13H2,1H3;2*1H/t18-;;/m0../s1. The summed E-state index contributed by atoms with van der Waals surface area (Å²) >= 11 is 0. The number of rotatable bonds is 6. The molecule has 2 heterocycles. The Morgan fingerprint density at radius 3 is 2.61 bits per heavy atom. The molecule has 1 aromatic heterocycles. The number of benzene rings is 1. The first kappa shape index (κ1) is 20.3. The number of halogens is 2. The van der Waals surface area contributed by atoms with Gasteiger partial charge in [-0.2, -0.15) is 0 Å². The second kappa shape index (κ2) is 10.2. The lowest BCUT2D eigenvalue weighted by molar-refractivity contribution is 0.163. The van der Waals surface area contributed by atoms with Crippen LogP contribution in [-0.2, 0) is 0 Å². The first-order chi connectivity index (χ1) is 10.4. The monoisotopic (exact) mass is 357 g/mol. The summed E-state index contributed by atoms with van der Waals surface area (Å²) in [4.78, 5) is 6.02. The van der Waals surface area contributed by atoms with Gasteiger partial charge in [0, 0.05) is 43.9 Å². The number of hydrogen-bond acceptors (Lipinski definition) is 2. The molecule has 0 unspecified atom stereocenters. The summed E-state index contributed by atoms with van der Waals surface area (Å²) in [7, 11) is 0. The molecule has 130 valence electrons. The van der Waals surface area contributed by atoms with Crippen LogP contribution in [0.1, 0.15) is 44.2 Å². The van der Waals surface area contributed by atoms with E-state index in [0.717, 1.165) is 13.1 Å². The third-order valence-electron chi connectivity index (χ3n) is 4.64. The minimum Gasteiger partial charge on any atom is -0.361 e. The van der Waals surface area contributed by atoms with Gasteiger partial charge in [0.15, 0.2) is 0 Å². The fourth-order valence-corrected chi connectivity index (χ4v) is 3.41. The number of piperazine rings is 1. The van der Waals surface area contributed by atoms with E-state index in [9.17, 15) is 0 Å². The fraction of sp³-hybridized carbons (Fsp3) is 0.556. The number of H-pyrrole nitrogens is 1. The van der Waals surface area contributed by atoms with Crippen LogP contribution in [0.25, 0.3) is 10.9 Å². The van der Waals surface area contributed by atoms with Crippen molar-refractivity contribution in [1.82, 2.24) is 15.2 Å². The van der Waals surface area contributed by atoms with Gasteiger partial charge in [0.2, 0.25) is 0 Å². The SMILES string of the molecule is CCCCC[C@@H](c1ccc2cc[nH]c2c1)N1CCNCC1.Cl.Cl. The molecule has 1 atom stereocenters. The zero-order valence-electron chi connectivity index (χ0n) is 13.9. The Kier molecular flexibility index (Phi) is 9.00. The molecule has 3 nitrogen and oxygen atoms in total. The second-order valence-electron chi connectivity index (χ2n) is 6.12. The first-order valence-corrected chi connectivity index (χ1v) is 8.40. The van der Waals surface area contributed by atoms with E-state index in [1.54, 1.807) is 0 Å². The van der Waals surface area contributed by atoms with E-state index in [4.69, 9.17) is 0 Å². The lowest BCUT2D eigenvalue weighted by atomic mass is 9.97. The molecule has 2 N–H and O–H groups in total. The van der Waals surface area contributed by atoms with Crippen LogP contribution in [0.4, 0.5) is 0 Å². The van der Waals surface area contributed by atoms with E-state index in [2.05, 4.69) is 46.4 Å². The lowest BCUT2D eigenvalue weighted by Gasteiger charge is -2.35. The average Bonchev–Trinajstić information content (AvgIpc) is 3.00. The van der Waals surface area contributed by atoms with Crippen LogP contribution in [0.3, 0.4) is 0 Å². The summed E-state index contributed by atoms with van der Waals surface area (Å²) in [6.07, 6.45) is 7.27. The Morgan fingerprint density at radius 1 is 1.09 bits per heavy atom. The molecule has 3 rings (SSSR count). The van der Waals surface area contributed by atoms with Gasteiger partial charge in [-0.25, -0.2) is 0 Å². The van der Waals surface area contributed by atoms with Gasteiger partial charge in [-0.15, -0.1) is 24.8 Å². The summed E-state index contributed by atoms with van der Waals surface area (Å²) < 4.78 is 0. The quantitative estimate of drug-likeness (QED) is 0.743.